The minimum absolute atomic E-state index is 0.285. The van der Waals surface area contributed by atoms with E-state index in [1.54, 1.807) is 0 Å². The Morgan fingerprint density at radius 2 is 2.25 bits per heavy atom. The second-order valence-electron chi connectivity index (χ2n) is 4.16. The fourth-order valence-corrected chi connectivity index (χ4v) is 3.05. The highest BCUT2D eigenvalue weighted by molar-refractivity contribution is 5.67. The number of rotatable bonds is 2. The van der Waals surface area contributed by atoms with Crippen LogP contribution < -0.4 is 5.73 Å². The molecule has 12 heavy (non-hydrogen) atoms. The topological polar surface area (TPSA) is 63.3 Å². The molecule has 0 saturated heterocycles. The summed E-state index contributed by atoms with van der Waals surface area (Å²) in [6, 6.07) is 0.285. The van der Waals surface area contributed by atoms with Crippen LogP contribution >= 0.6 is 0 Å². The Balaban J connectivity index is 2.03. The summed E-state index contributed by atoms with van der Waals surface area (Å²) < 4.78 is 0. The average Bonchev–Trinajstić information content (AvgIpc) is 2.44. The molecule has 2 aliphatic carbocycles. The Morgan fingerprint density at radius 1 is 1.50 bits per heavy atom. The second-order valence-corrected chi connectivity index (χ2v) is 4.16. The van der Waals surface area contributed by atoms with E-state index in [0.29, 0.717) is 24.2 Å². The maximum Gasteiger partial charge on any atom is 0.303 e. The summed E-state index contributed by atoms with van der Waals surface area (Å²) in [7, 11) is 0. The molecule has 3 N–H and O–H groups in total. The van der Waals surface area contributed by atoms with Crippen LogP contribution in [0.3, 0.4) is 0 Å². The van der Waals surface area contributed by atoms with Crippen LogP contribution in [0.5, 0.6) is 0 Å². The van der Waals surface area contributed by atoms with Gasteiger partial charge in [-0.25, -0.2) is 0 Å². The molecule has 2 aliphatic rings. The highest BCUT2D eigenvalue weighted by Crippen LogP contribution is 2.49. The Kier molecular flexibility index (Phi) is 1.83. The van der Waals surface area contributed by atoms with Crippen molar-refractivity contribution in [2.24, 2.45) is 23.5 Å². The maximum atomic E-state index is 10.5. The van der Waals surface area contributed by atoms with Gasteiger partial charge in [-0.1, -0.05) is 0 Å². The van der Waals surface area contributed by atoms with Crippen molar-refractivity contribution in [3.63, 3.8) is 0 Å². The van der Waals surface area contributed by atoms with Crippen molar-refractivity contribution in [3.05, 3.63) is 0 Å². The molecule has 0 aromatic rings. The van der Waals surface area contributed by atoms with Gasteiger partial charge in [0, 0.05) is 12.5 Å². The zero-order chi connectivity index (χ0) is 8.72. The first-order valence-electron chi connectivity index (χ1n) is 4.66. The van der Waals surface area contributed by atoms with Gasteiger partial charge in [0.15, 0.2) is 0 Å². The van der Waals surface area contributed by atoms with Gasteiger partial charge in [-0.05, 0) is 37.0 Å². The van der Waals surface area contributed by atoms with Crippen molar-refractivity contribution in [1.29, 1.82) is 0 Å². The van der Waals surface area contributed by atoms with E-state index in [-0.39, 0.29) is 6.04 Å². The van der Waals surface area contributed by atoms with Gasteiger partial charge >= 0.3 is 5.97 Å². The van der Waals surface area contributed by atoms with E-state index in [2.05, 4.69) is 0 Å². The summed E-state index contributed by atoms with van der Waals surface area (Å²) in [5.74, 6) is 0.843. The summed E-state index contributed by atoms with van der Waals surface area (Å²) in [4.78, 5) is 10.5. The molecule has 0 amide bonds. The van der Waals surface area contributed by atoms with Crippen LogP contribution in [0, 0.1) is 17.8 Å². The summed E-state index contributed by atoms with van der Waals surface area (Å²) >= 11 is 0. The fourth-order valence-electron chi connectivity index (χ4n) is 3.05. The molecule has 2 bridgehead atoms. The van der Waals surface area contributed by atoms with Crippen LogP contribution in [0.25, 0.3) is 0 Å². The molecule has 3 nitrogen and oxygen atoms in total. The molecular weight excluding hydrogens is 154 g/mol. The first kappa shape index (κ1) is 8.05. The second kappa shape index (κ2) is 2.73. The largest absolute Gasteiger partial charge is 0.481 e. The van der Waals surface area contributed by atoms with Gasteiger partial charge in [-0.3, -0.25) is 4.79 Å². The van der Waals surface area contributed by atoms with Gasteiger partial charge in [-0.15, -0.1) is 0 Å². The van der Waals surface area contributed by atoms with E-state index in [0.717, 1.165) is 12.8 Å². The van der Waals surface area contributed by atoms with Gasteiger partial charge in [-0.2, -0.15) is 0 Å². The third-order valence-electron chi connectivity index (χ3n) is 3.56. The Bertz CT molecular complexity index is 205. The first-order valence-corrected chi connectivity index (χ1v) is 4.66. The molecule has 0 radical (unpaired) electrons. The van der Waals surface area contributed by atoms with Crippen LogP contribution in [0.15, 0.2) is 0 Å². The summed E-state index contributed by atoms with van der Waals surface area (Å²) in [6.45, 7) is 0. The molecule has 0 unspecified atom stereocenters. The standard InChI is InChI=1S/C9H15NO2/c10-8-3-5-1-2-6(8)7(5)4-9(11)12/h5-8H,1-4,10H2,(H,11,12)/t5-,6-,7+,8+/m1/s1. The molecule has 2 saturated carbocycles. The zero-order valence-corrected chi connectivity index (χ0v) is 7.07. The normalized spacial score (nSPS) is 45.1. The molecule has 68 valence electrons. The van der Waals surface area contributed by atoms with Gasteiger partial charge in [0.05, 0.1) is 0 Å². The monoisotopic (exact) mass is 169 g/mol. The van der Waals surface area contributed by atoms with Gasteiger partial charge in [0.2, 0.25) is 0 Å². The molecule has 0 spiro atoms. The van der Waals surface area contributed by atoms with Gasteiger partial charge in [0.25, 0.3) is 0 Å². The molecule has 2 fully saturated rings. The molecule has 3 heteroatoms. The van der Waals surface area contributed by atoms with E-state index in [9.17, 15) is 4.79 Å². The van der Waals surface area contributed by atoms with Crippen LogP contribution in [0.4, 0.5) is 0 Å². The lowest BCUT2D eigenvalue weighted by Gasteiger charge is -2.16. The van der Waals surface area contributed by atoms with Crippen molar-refractivity contribution >= 4 is 5.97 Å². The Labute approximate surface area is 71.9 Å². The van der Waals surface area contributed by atoms with E-state index in [1.165, 1.54) is 6.42 Å². The lowest BCUT2D eigenvalue weighted by atomic mass is 9.93. The average molecular weight is 169 g/mol. The third kappa shape index (κ3) is 1.12. The number of aliphatic carboxylic acids is 1. The van der Waals surface area contributed by atoms with Crippen molar-refractivity contribution in [2.45, 2.75) is 31.7 Å². The maximum absolute atomic E-state index is 10.5. The fraction of sp³-hybridized carbons (Fsp3) is 0.889. The van der Waals surface area contributed by atoms with E-state index < -0.39 is 5.97 Å². The number of nitrogens with two attached hydrogens (primary N) is 1. The zero-order valence-electron chi connectivity index (χ0n) is 7.07. The number of carboxylic acids is 1. The van der Waals surface area contributed by atoms with E-state index in [4.69, 9.17) is 10.8 Å². The molecule has 0 aromatic carbocycles. The summed E-state index contributed by atoms with van der Waals surface area (Å²) in [6.07, 6.45) is 3.76. The van der Waals surface area contributed by atoms with Crippen molar-refractivity contribution in [1.82, 2.24) is 0 Å². The summed E-state index contributed by atoms with van der Waals surface area (Å²) in [5.41, 5.74) is 5.89. The molecular formula is C9H15NO2. The Morgan fingerprint density at radius 3 is 2.67 bits per heavy atom. The third-order valence-corrected chi connectivity index (χ3v) is 3.56. The van der Waals surface area contributed by atoms with Gasteiger partial charge < -0.3 is 10.8 Å². The number of carbonyl (C=O) groups is 1. The number of hydrogen-bond acceptors (Lipinski definition) is 2. The molecule has 0 heterocycles. The van der Waals surface area contributed by atoms with Crippen LogP contribution in [0.1, 0.15) is 25.7 Å². The highest BCUT2D eigenvalue weighted by Gasteiger charge is 2.46. The van der Waals surface area contributed by atoms with Gasteiger partial charge in [0.1, 0.15) is 0 Å². The predicted molar refractivity (Wildman–Crippen MR) is 44.5 cm³/mol. The Hall–Kier alpha value is -0.570. The van der Waals surface area contributed by atoms with E-state index in [1.807, 2.05) is 0 Å². The highest BCUT2D eigenvalue weighted by atomic mass is 16.4. The molecule has 0 aromatic heterocycles. The van der Waals surface area contributed by atoms with Crippen molar-refractivity contribution in [3.8, 4) is 0 Å². The smallest absolute Gasteiger partial charge is 0.303 e. The SMILES string of the molecule is N[C@H]1C[C@H]2CC[C@@H]1[C@H]2CC(=O)O. The van der Waals surface area contributed by atoms with Crippen molar-refractivity contribution < 1.29 is 9.90 Å². The quantitative estimate of drug-likeness (QED) is 0.643. The number of carboxylic acid groups (broad SMARTS) is 1. The summed E-state index contributed by atoms with van der Waals surface area (Å²) in [5, 5.41) is 8.68. The number of hydrogen-bond donors (Lipinski definition) is 2. The minimum atomic E-state index is -0.661. The molecule has 2 rings (SSSR count). The number of fused-ring (bicyclic) bond motifs is 2. The predicted octanol–water partition coefficient (Wildman–Crippen LogP) is 0.834. The van der Waals surface area contributed by atoms with Crippen LogP contribution in [-0.2, 0) is 4.79 Å². The first-order chi connectivity index (χ1) is 5.68. The lowest BCUT2D eigenvalue weighted by Crippen LogP contribution is -2.27. The van der Waals surface area contributed by atoms with Crippen molar-refractivity contribution in [2.75, 3.05) is 0 Å². The molecule has 4 atom stereocenters. The van der Waals surface area contributed by atoms with Crippen LogP contribution in [0.2, 0.25) is 0 Å². The molecule has 0 aliphatic heterocycles. The minimum Gasteiger partial charge on any atom is -0.481 e. The van der Waals surface area contributed by atoms with E-state index >= 15 is 0 Å². The lowest BCUT2D eigenvalue weighted by molar-refractivity contribution is -0.138. The van der Waals surface area contributed by atoms with Crippen LogP contribution in [-0.4, -0.2) is 17.1 Å².